The molecule has 0 aromatic heterocycles. The molecule has 0 heterocycles. The number of hydrogen-bond donors (Lipinski definition) is 2. The first kappa shape index (κ1) is 14.3. The molecule has 0 atom stereocenters. The van der Waals surface area contributed by atoms with E-state index in [1.807, 2.05) is 6.07 Å². The van der Waals surface area contributed by atoms with Crippen LogP contribution in [-0.2, 0) is 0 Å². The van der Waals surface area contributed by atoms with Crippen LogP contribution in [0.4, 0.5) is 5.69 Å². The minimum Gasteiger partial charge on any atom is -0.478 e. The van der Waals surface area contributed by atoms with Gasteiger partial charge in [0.2, 0.25) is 0 Å². The van der Waals surface area contributed by atoms with E-state index >= 15 is 0 Å². The van der Waals surface area contributed by atoms with Crippen molar-refractivity contribution < 1.29 is 9.90 Å². The Hall–Kier alpha value is -1.07. The number of hydrogen-bond acceptors (Lipinski definition) is 3. The van der Waals surface area contributed by atoms with Crippen LogP contribution in [0.3, 0.4) is 0 Å². The summed E-state index contributed by atoms with van der Waals surface area (Å²) in [7, 11) is 4.17. The minimum atomic E-state index is -0.900. The first-order valence-corrected chi connectivity index (χ1v) is 7.18. The fourth-order valence-corrected chi connectivity index (χ4v) is 2.84. The van der Waals surface area contributed by atoms with Gasteiger partial charge in [-0.2, -0.15) is 0 Å². The molecule has 1 fully saturated rings. The van der Waals surface area contributed by atoms with Crippen LogP contribution < -0.4 is 5.32 Å². The summed E-state index contributed by atoms with van der Waals surface area (Å²) >= 11 is 3.38. The van der Waals surface area contributed by atoms with Crippen molar-refractivity contribution in [2.45, 2.75) is 24.8 Å². The lowest BCUT2D eigenvalue weighted by Gasteiger charge is -2.47. The number of nitrogens with one attached hydrogen (secondary N) is 1. The Morgan fingerprint density at radius 2 is 2.16 bits per heavy atom. The number of carboxylic acids is 1. The van der Waals surface area contributed by atoms with Gasteiger partial charge in [0.15, 0.2) is 0 Å². The molecule has 104 valence electrons. The Morgan fingerprint density at radius 3 is 2.63 bits per heavy atom. The number of benzene rings is 1. The molecule has 0 radical (unpaired) electrons. The van der Waals surface area contributed by atoms with Crippen molar-refractivity contribution in [3.63, 3.8) is 0 Å². The summed E-state index contributed by atoms with van der Waals surface area (Å²) in [6, 6.07) is 5.20. The van der Waals surface area contributed by atoms with Gasteiger partial charge < -0.3 is 15.3 Å². The molecule has 2 N–H and O–H groups in total. The van der Waals surface area contributed by atoms with Gasteiger partial charge in [-0.25, -0.2) is 4.79 Å². The number of anilines is 1. The van der Waals surface area contributed by atoms with Crippen LogP contribution in [0.5, 0.6) is 0 Å². The molecule has 1 aromatic carbocycles. The summed E-state index contributed by atoms with van der Waals surface area (Å²) in [5, 5.41) is 12.5. The van der Waals surface area contributed by atoms with Gasteiger partial charge in [0.05, 0.1) is 5.56 Å². The van der Waals surface area contributed by atoms with Crippen molar-refractivity contribution in [1.82, 2.24) is 4.90 Å². The number of nitrogens with zero attached hydrogens (tertiary/aromatic N) is 1. The maximum absolute atomic E-state index is 11.2. The van der Waals surface area contributed by atoms with Crippen molar-refractivity contribution in [1.29, 1.82) is 0 Å². The van der Waals surface area contributed by atoms with Crippen molar-refractivity contribution in [2.24, 2.45) is 0 Å². The van der Waals surface area contributed by atoms with Gasteiger partial charge in [0.1, 0.15) is 0 Å². The Morgan fingerprint density at radius 1 is 1.47 bits per heavy atom. The second-order valence-corrected chi connectivity index (χ2v) is 6.24. The second-order valence-electron chi connectivity index (χ2n) is 5.32. The predicted octanol–water partition coefficient (Wildman–Crippen LogP) is 3.04. The SMILES string of the molecule is CN(C)C1(CNc2cc(Br)ccc2C(=O)O)CCC1. The predicted molar refractivity (Wildman–Crippen MR) is 79.9 cm³/mol. The maximum atomic E-state index is 11.2. The van der Waals surface area contributed by atoms with Crippen molar-refractivity contribution in [3.05, 3.63) is 28.2 Å². The standard InChI is InChI=1S/C14H19BrN2O2/c1-17(2)14(6-3-7-14)9-16-12-8-10(15)4-5-11(12)13(18)19/h4-5,8,16H,3,6-7,9H2,1-2H3,(H,18,19). The third kappa shape index (κ3) is 2.92. The van der Waals surface area contributed by atoms with Crippen LogP contribution in [0.25, 0.3) is 0 Å². The molecule has 5 heteroatoms. The van der Waals surface area contributed by atoms with E-state index in [1.165, 1.54) is 6.42 Å². The number of likely N-dealkylation sites (N-methyl/N-ethyl adjacent to an activating group) is 1. The molecule has 0 unspecified atom stereocenters. The molecule has 1 saturated carbocycles. The van der Waals surface area contributed by atoms with Gasteiger partial charge in [-0.3, -0.25) is 0 Å². The van der Waals surface area contributed by atoms with Gasteiger partial charge in [0.25, 0.3) is 0 Å². The smallest absolute Gasteiger partial charge is 0.337 e. The van der Waals surface area contributed by atoms with E-state index in [0.717, 1.165) is 23.9 Å². The third-order valence-corrected chi connectivity index (χ3v) is 4.55. The Kier molecular flexibility index (Phi) is 4.16. The van der Waals surface area contributed by atoms with Gasteiger partial charge in [-0.15, -0.1) is 0 Å². The number of aromatic carboxylic acids is 1. The molecule has 0 amide bonds. The van der Waals surface area contributed by atoms with Crippen LogP contribution >= 0.6 is 15.9 Å². The lowest BCUT2D eigenvalue weighted by atomic mass is 9.75. The van der Waals surface area contributed by atoms with Crippen molar-refractivity contribution >= 4 is 27.6 Å². The molecule has 1 aliphatic rings. The van der Waals surface area contributed by atoms with E-state index in [0.29, 0.717) is 11.3 Å². The second kappa shape index (κ2) is 5.51. The van der Waals surface area contributed by atoms with Gasteiger partial charge in [-0.05, 0) is 51.6 Å². The Bertz CT molecular complexity index is 484. The molecule has 19 heavy (non-hydrogen) atoms. The number of carbonyl (C=O) groups is 1. The largest absolute Gasteiger partial charge is 0.478 e. The third-order valence-electron chi connectivity index (χ3n) is 4.05. The number of carboxylic acid groups (broad SMARTS) is 1. The molecule has 0 aliphatic heterocycles. The number of halogens is 1. The summed E-state index contributed by atoms with van der Waals surface area (Å²) in [4.78, 5) is 13.4. The highest BCUT2D eigenvalue weighted by Gasteiger charge is 2.38. The topological polar surface area (TPSA) is 52.6 Å². The highest BCUT2D eigenvalue weighted by atomic mass is 79.9. The molecule has 0 saturated heterocycles. The monoisotopic (exact) mass is 326 g/mol. The van der Waals surface area contributed by atoms with Gasteiger partial charge in [0, 0.05) is 22.2 Å². The number of rotatable bonds is 5. The molecular weight excluding hydrogens is 308 g/mol. The van der Waals surface area contributed by atoms with Crippen LogP contribution in [0, 0.1) is 0 Å². The van der Waals surface area contributed by atoms with Crippen molar-refractivity contribution in [2.75, 3.05) is 26.0 Å². The van der Waals surface area contributed by atoms with Gasteiger partial charge >= 0.3 is 5.97 Å². The van der Waals surface area contributed by atoms with Crippen LogP contribution in [0.1, 0.15) is 29.6 Å². The van der Waals surface area contributed by atoms with Crippen molar-refractivity contribution in [3.8, 4) is 0 Å². The zero-order chi connectivity index (χ0) is 14.0. The normalized spacial score (nSPS) is 17.1. The van der Waals surface area contributed by atoms with E-state index in [-0.39, 0.29) is 5.54 Å². The first-order chi connectivity index (χ1) is 8.94. The quantitative estimate of drug-likeness (QED) is 0.873. The van der Waals surface area contributed by atoms with E-state index in [1.54, 1.807) is 12.1 Å². The molecule has 0 bridgehead atoms. The average Bonchev–Trinajstić information content (AvgIpc) is 2.26. The summed E-state index contributed by atoms with van der Waals surface area (Å²) in [6.45, 7) is 0.775. The summed E-state index contributed by atoms with van der Waals surface area (Å²) in [5.41, 5.74) is 1.16. The molecular formula is C14H19BrN2O2. The maximum Gasteiger partial charge on any atom is 0.337 e. The molecule has 0 spiro atoms. The van der Waals surface area contributed by atoms with E-state index in [4.69, 9.17) is 0 Å². The minimum absolute atomic E-state index is 0.165. The van der Waals surface area contributed by atoms with E-state index in [2.05, 4.69) is 40.2 Å². The Balaban J connectivity index is 2.15. The molecule has 1 aromatic rings. The molecule has 4 nitrogen and oxygen atoms in total. The lowest BCUT2D eigenvalue weighted by Crippen LogP contribution is -2.54. The van der Waals surface area contributed by atoms with Gasteiger partial charge in [-0.1, -0.05) is 15.9 Å². The van der Waals surface area contributed by atoms with Crippen LogP contribution in [0.15, 0.2) is 22.7 Å². The van der Waals surface area contributed by atoms with Crippen LogP contribution in [0.2, 0.25) is 0 Å². The highest BCUT2D eigenvalue weighted by molar-refractivity contribution is 9.10. The molecule has 1 aliphatic carbocycles. The summed E-state index contributed by atoms with van der Waals surface area (Å²) in [6.07, 6.45) is 3.55. The summed E-state index contributed by atoms with van der Waals surface area (Å²) < 4.78 is 0.882. The zero-order valence-corrected chi connectivity index (χ0v) is 12.8. The molecule has 2 rings (SSSR count). The average molecular weight is 327 g/mol. The first-order valence-electron chi connectivity index (χ1n) is 6.39. The van der Waals surface area contributed by atoms with Crippen LogP contribution in [-0.4, -0.2) is 42.2 Å². The fraction of sp³-hybridized carbons (Fsp3) is 0.500. The van der Waals surface area contributed by atoms with E-state index in [9.17, 15) is 9.90 Å². The summed E-state index contributed by atoms with van der Waals surface area (Å²) in [5.74, 6) is -0.900. The fourth-order valence-electron chi connectivity index (χ4n) is 2.48. The zero-order valence-electron chi connectivity index (χ0n) is 11.2. The Labute approximate surface area is 121 Å². The highest BCUT2D eigenvalue weighted by Crippen LogP contribution is 2.36. The lowest BCUT2D eigenvalue weighted by molar-refractivity contribution is 0.0693. The van der Waals surface area contributed by atoms with E-state index < -0.39 is 5.97 Å².